The van der Waals surface area contributed by atoms with Crippen molar-refractivity contribution in [2.45, 2.75) is 55.6 Å². The number of nitrogens with zero attached hydrogens (tertiary/aromatic N) is 1. The number of thioether (sulfide) groups is 1. The largest absolute Gasteiger partial charge is 0.465 e. The summed E-state index contributed by atoms with van der Waals surface area (Å²) in [6, 6.07) is 9.36. The number of amides is 3. The zero-order chi connectivity index (χ0) is 29.9. The van der Waals surface area contributed by atoms with Crippen molar-refractivity contribution in [2.24, 2.45) is 0 Å². The fraction of sp³-hybridized carbons (Fsp3) is 0.393. The highest BCUT2D eigenvalue weighted by atomic mass is 32.2. The molecule has 1 heterocycles. The first-order valence-electron chi connectivity index (χ1n) is 13.0. The molecule has 0 bridgehead atoms. The lowest BCUT2D eigenvalue weighted by Crippen LogP contribution is -2.34. The first-order chi connectivity index (χ1) is 19.4. The molecule has 3 N–H and O–H groups in total. The van der Waals surface area contributed by atoms with Gasteiger partial charge < -0.3 is 15.5 Å². The van der Waals surface area contributed by atoms with Crippen molar-refractivity contribution in [3.8, 4) is 11.1 Å². The minimum Gasteiger partial charge on any atom is -0.465 e. The van der Waals surface area contributed by atoms with E-state index in [0.717, 1.165) is 11.3 Å². The van der Waals surface area contributed by atoms with Crippen LogP contribution in [0.25, 0.3) is 11.1 Å². The molecule has 2 aromatic carbocycles. The lowest BCUT2D eigenvalue weighted by Gasteiger charge is -2.16. The first-order valence-corrected chi connectivity index (χ1v) is 15.5. The van der Waals surface area contributed by atoms with Crippen LogP contribution < -0.4 is 5.32 Å². The van der Waals surface area contributed by atoms with Crippen molar-refractivity contribution in [3.63, 3.8) is 0 Å². The minimum atomic E-state index is -4.54. The summed E-state index contributed by atoms with van der Waals surface area (Å²) in [6.45, 7) is 2.87. The predicted octanol–water partition coefficient (Wildman–Crippen LogP) is 3.62. The summed E-state index contributed by atoms with van der Waals surface area (Å²) in [4.78, 5) is 50.3. The van der Waals surface area contributed by atoms with E-state index in [9.17, 15) is 32.1 Å². The van der Waals surface area contributed by atoms with Crippen molar-refractivity contribution < 1.29 is 36.9 Å². The molecule has 2 aromatic rings. The average molecular weight is 602 g/mol. The molecule has 0 aromatic heterocycles. The van der Waals surface area contributed by atoms with Gasteiger partial charge in [0.2, 0.25) is 17.7 Å². The molecular weight excluding hydrogens is 570 g/mol. The summed E-state index contributed by atoms with van der Waals surface area (Å²) in [6.07, 6.45) is 1.39. The summed E-state index contributed by atoms with van der Waals surface area (Å²) in [5.41, 5.74) is 2.98. The maximum absolute atomic E-state index is 12.8. The van der Waals surface area contributed by atoms with Gasteiger partial charge in [0.1, 0.15) is 11.5 Å². The topological polar surface area (TPSA) is 171 Å². The van der Waals surface area contributed by atoms with Crippen LogP contribution in [0, 0.1) is 5.41 Å². The van der Waals surface area contributed by atoms with Gasteiger partial charge in [-0.1, -0.05) is 18.2 Å². The number of esters is 1. The highest BCUT2D eigenvalue weighted by Gasteiger charge is 2.39. The van der Waals surface area contributed by atoms with E-state index in [0.29, 0.717) is 45.8 Å². The number of nitrogens with one attached hydrogen (secondary N) is 2. The molecule has 0 spiro atoms. The van der Waals surface area contributed by atoms with E-state index in [4.69, 9.17) is 10.1 Å². The lowest BCUT2D eigenvalue weighted by molar-refractivity contribution is -0.141. The molecule has 11 nitrogen and oxygen atoms in total. The van der Waals surface area contributed by atoms with E-state index in [-0.39, 0.29) is 42.7 Å². The summed E-state index contributed by atoms with van der Waals surface area (Å²) in [5.74, 6) is -1.42. The van der Waals surface area contributed by atoms with E-state index in [1.807, 2.05) is 0 Å². The molecule has 1 aliphatic heterocycles. The van der Waals surface area contributed by atoms with Gasteiger partial charge in [-0.3, -0.25) is 28.6 Å². The molecule has 1 aliphatic carbocycles. The number of hydrogen-bond donors (Lipinski definition) is 3. The third-order valence-electron chi connectivity index (χ3n) is 6.93. The van der Waals surface area contributed by atoms with Gasteiger partial charge >= 0.3 is 5.97 Å². The number of anilines is 1. The molecular formula is C28H31N3O8S2. The maximum Gasteiger partial charge on any atom is 0.302 e. The predicted molar refractivity (Wildman–Crippen MR) is 154 cm³/mol. The minimum absolute atomic E-state index is 0.0522. The monoisotopic (exact) mass is 601 g/mol. The molecule has 2 atom stereocenters. The first kappa shape index (κ1) is 30.4. The third kappa shape index (κ3) is 7.03. The Morgan fingerprint density at radius 1 is 1.15 bits per heavy atom. The molecule has 1 fully saturated rings. The number of benzene rings is 2. The van der Waals surface area contributed by atoms with Crippen LogP contribution in [0.2, 0.25) is 0 Å². The summed E-state index contributed by atoms with van der Waals surface area (Å²) in [7, 11) is -4.54. The van der Waals surface area contributed by atoms with Crippen LogP contribution in [0.1, 0.15) is 56.6 Å². The molecule has 218 valence electrons. The smallest absolute Gasteiger partial charge is 0.302 e. The van der Waals surface area contributed by atoms with Gasteiger partial charge in [-0.2, -0.15) is 8.42 Å². The second-order valence-corrected chi connectivity index (χ2v) is 12.7. The van der Waals surface area contributed by atoms with Crippen LogP contribution >= 0.6 is 11.8 Å². The summed E-state index contributed by atoms with van der Waals surface area (Å²) < 4.78 is 39.2. The van der Waals surface area contributed by atoms with Crippen molar-refractivity contribution in [1.29, 1.82) is 5.41 Å². The van der Waals surface area contributed by atoms with Crippen molar-refractivity contribution >= 4 is 57.0 Å². The molecule has 0 saturated carbocycles. The standard InChI is InChI=1S/C28H31N3O8S2/c1-16(29)5-4-12-40-23-14-26(34)31(28(23)35)11-10-25(33)30-18-8-9-20-21(13-18)22(15-39-17(2)32)19-6-3-7-24(27(19)20)41(36,37)38/h3,6-9,13,22-23,29H,4-5,10-12,14-15H2,1-2H3,(H,30,33)(H,36,37,38). The third-order valence-corrected chi connectivity index (χ3v) is 9.12. The Balaban J connectivity index is 1.44. The van der Waals surface area contributed by atoms with E-state index >= 15 is 0 Å². The van der Waals surface area contributed by atoms with Gasteiger partial charge in [-0.15, -0.1) is 11.8 Å². The Bertz CT molecular complexity index is 1520. The van der Waals surface area contributed by atoms with Gasteiger partial charge in [0.05, 0.1) is 5.25 Å². The fourth-order valence-electron chi connectivity index (χ4n) is 5.06. The quantitative estimate of drug-likeness (QED) is 0.108. The Morgan fingerprint density at radius 2 is 1.90 bits per heavy atom. The molecule has 2 unspecified atom stereocenters. The van der Waals surface area contributed by atoms with Crippen LogP contribution in [0.3, 0.4) is 0 Å². The number of imide groups is 1. The number of hydrogen-bond acceptors (Lipinski definition) is 9. The van der Waals surface area contributed by atoms with Crippen LogP contribution in [0.15, 0.2) is 41.3 Å². The fourth-order valence-corrected chi connectivity index (χ4v) is 6.93. The van der Waals surface area contributed by atoms with Crippen molar-refractivity contribution in [1.82, 2.24) is 4.90 Å². The highest BCUT2D eigenvalue weighted by molar-refractivity contribution is 8.00. The number of likely N-dealkylation sites (tertiary alicyclic amines) is 1. The zero-order valence-electron chi connectivity index (χ0n) is 22.6. The second-order valence-electron chi connectivity index (χ2n) is 9.98. The average Bonchev–Trinajstić information content (AvgIpc) is 3.35. The van der Waals surface area contributed by atoms with Crippen molar-refractivity contribution in [2.75, 3.05) is 24.2 Å². The zero-order valence-corrected chi connectivity index (χ0v) is 24.3. The van der Waals surface area contributed by atoms with E-state index in [1.165, 1.54) is 30.8 Å². The Hall–Kier alpha value is -3.55. The van der Waals surface area contributed by atoms with Crippen LogP contribution in [-0.4, -0.2) is 71.4 Å². The van der Waals surface area contributed by atoms with E-state index in [2.05, 4.69) is 5.32 Å². The number of ether oxygens (including phenoxy) is 1. The van der Waals surface area contributed by atoms with Crippen LogP contribution in [0.5, 0.6) is 0 Å². The molecule has 0 radical (unpaired) electrons. The van der Waals surface area contributed by atoms with Gasteiger partial charge in [-0.25, -0.2) is 0 Å². The van der Waals surface area contributed by atoms with E-state index < -0.39 is 33.2 Å². The molecule has 41 heavy (non-hydrogen) atoms. The van der Waals surface area contributed by atoms with E-state index in [1.54, 1.807) is 31.2 Å². The van der Waals surface area contributed by atoms with Crippen molar-refractivity contribution in [3.05, 3.63) is 47.5 Å². The number of carbonyl (C=O) groups is 4. The molecule has 1 saturated heterocycles. The molecule has 3 amide bonds. The normalized spacial score (nSPS) is 17.8. The number of carbonyl (C=O) groups excluding carboxylic acids is 4. The van der Waals surface area contributed by atoms with Gasteiger partial charge in [-0.05, 0) is 60.4 Å². The Labute approximate surface area is 242 Å². The molecule has 2 aliphatic rings. The lowest BCUT2D eigenvalue weighted by atomic mass is 9.97. The van der Waals surface area contributed by atoms with Gasteiger partial charge in [0, 0.05) is 49.2 Å². The van der Waals surface area contributed by atoms with Gasteiger partial charge in [0.25, 0.3) is 10.1 Å². The van der Waals surface area contributed by atoms with Gasteiger partial charge in [0.15, 0.2) is 0 Å². The Kier molecular flexibility index (Phi) is 9.30. The summed E-state index contributed by atoms with van der Waals surface area (Å²) >= 11 is 1.40. The summed E-state index contributed by atoms with van der Waals surface area (Å²) in [5, 5.41) is 9.76. The number of rotatable bonds is 12. The number of fused-ring (bicyclic) bond motifs is 3. The molecule has 13 heteroatoms. The van der Waals surface area contributed by atoms with Crippen LogP contribution in [0.4, 0.5) is 5.69 Å². The highest BCUT2D eigenvalue weighted by Crippen LogP contribution is 2.48. The SMILES string of the molecule is CC(=N)CCCSC1CC(=O)N(CCC(=O)Nc2ccc3c(c2)C(COC(C)=O)c2cccc(S(=O)(=O)O)c2-3)C1=O. The molecule has 4 rings (SSSR count). The Morgan fingerprint density at radius 3 is 2.59 bits per heavy atom. The second kappa shape index (κ2) is 12.5. The maximum atomic E-state index is 12.8. The van der Waals surface area contributed by atoms with Crippen LogP contribution in [-0.2, 0) is 34.0 Å².